The number of hydrogen-bond donors (Lipinski definition) is 1. The maximum Gasteiger partial charge on any atom is 0.255 e. The molecule has 3 aromatic rings. The SMILES string of the molecule is Cc1cc(N2CCN(C)CC2)ccc1NC(=O)c1ccc(-c2ccccc2)cc1. The molecule has 0 atom stereocenters. The van der Waals surface area contributed by atoms with Gasteiger partial charge in [-0.15, -0.1) is 0 Å². The van der Waals surface area contributed by atoms with Crippen LogP contribution < -0.4 is 10.2 Å². The van der Waals surface area contributed by atoms with E-state index in [0.29, 0.717) is 5.56 Å². The van der Waals surface area contributed by atoms with Crippen molar-refractivity contribution in [1.82, 2.24) is 4.90 Å². The Kier molecular flexibility index (Phi) is 5.63. The second kappa shape index (κ2) is 8.50. The molecule has 0 aliphatic carbocycles. The number of piperazine rings is 1. The van der Waals surface area contributed by atoms with Crippen molar-refractivity contribution in [3.05, 3.63) is 83.9 Å². The molecule has 4 heteroatoms. The Balaban J connectivity index is 1.44. The van der Waals surface area contributed by atoms with E-state index in [1.54, 1.807) is 0 Å². The third kappa shape index (κ3) is 4.49. The summed E-state index contributed by atoms with van der Waals surface area (Å²) in [7, 11) is 2.16. The number of nitrogens with one attached hydrogen (secondary N) is 1. The van der Waals surface area contributed by atoms with Crippen LogP contribution in [0.1, 0.15) is 15.9 Å². The number of carbonyl (C=O) groups is 1. The molecule has 1 saturated heterocycles. The van der Waals surface area contributed by atoms with Crippen LogP contribution in [0.4, 0.5) is 11.4 Å². The first-order valence-electron chi connectivity index (χ1n) is 10.1. The molecular formula is C25H27N3O. The Bertz CT molecular complexity index is 975. The summed E-state index contributed by atoms with van der Waals surface area (Å²) in [4.78, 5) is 17.5. The van der Waals surface area contributed by atoms with E-state index in [2.05, 4.69) is 46.4 Å². The maximum absolute atomic E-state index is 12.7. The summed E-state index contributed by atoms with van der Waals surface area (Å²) in [6.45, 7) is 6.28. The highest BCUT2D eigenvalue weighted by molar-refractivity contribution is 6.05. The minimum Gasteiger partial charge on any atom is -0.369 e. The quantitative estimate of drug-likeness (QED) is 0.709. The zero-order valence-electron chi connectivity index (χ0n) is 17.1. The molecule has 3 aromatic carbocycles. The molecule has 0 spiro atoms. The van der Waals surface area contributed by atoms with E-state index < -0.39 is 0 Å². The predicted octanol–water partition coefficient (Wildman–Crippen LogP) is 4.67. The number of likely N-dealkylation sites (N-methyl/N-ethyl adjacent to an activating group) is 1. The molecule has 29 heavy (non-hydrogen) atoms. The smallest absolute Gasteiger partial charge is 0.255 e. The van der Waals surface area contributed by atoms with Gasteiger partial charge in [0, 0.05) is 43.1 Å². The van der Waals surface area contributed by atoms with Crippen LogP contribution in [0.2, 0.25) is 0 Å². The van der Waals surface area contributed by atoms with Crippen molar-refractivity contribution in [2.24, 2.45) is 0 Å². The molecule has 1 N–H and O–H groups in total. The summed E-state index contributed by atoms with van der Waals surface area (Å²) in [6, 6.07) is 24.2. The van der Waals surface area contributed by atoms with Crippen LogP contribution in [-0.4, -0.2) is 44.0 Å². The fourth-order valence-corrected chi connectivity index (χ4v) is 3.69. The number of rotatable bonds is 4. The van der Waals surface area contributed by atoms with Gasteiger partial charge in [0.05, 0.1) is 0 Å². The molecule has 1 fully saturated rings. The molecule has 0 radical (unpaired) electrons. The summed E-state index contributed by atoms with van der Waals surface area (Å²) in [5.41, 5.74) is 6.08. The average Bonchev–Trinajstić information content (AvgIpc) is 2.76. The van der Waals surface area contributed by atoms with Gasteiger partial charge in [-0.05, 0) is 61.0 Å². The van der Waals surface area contributed by atoms with Crippen LogP contribution in [0.15, 0.2) is 72.8 Å². The van der Waals surface area contributed by atoms with Crippen molar-refractivity contribution in [2.45, 2.75) is 6.92 Å². The monoisotopic (exact) mass is 385 g/mol. The van der Waals surface area contributed by atoms with Crippen LogP contribution in [0.5, 0.6) is 0 Å². The molecule has 0 bridgehead atoms. The Labute approximate surface area is 172 Å². The topological polar surface area (TPSA) is 35.6 Å². The second-order valence-electron chi connectivity index (χ2n) is 7.69. The molecule has 0 aromatic heterocycles. The van der Waals surface area contributed by atoms with Gasteiger partial charge in [-0.3, -0.25) is 4.79 Å². The molecule has 148 valence electrons. The zero-order chi connectivity index (χ0) is 20.2. The number of hydrogen-bond acceptors (Lipinski definition) is 3. The van der Waals surface area contributed by atoms with Crippen molar-refractivity contribution < 1.29 is 4.79 Å². The van der Waals surface area contributed by atoms with E-state index >= 15 is 0 Å². The second-order valence-corrected chi connectivity index (χ2v) is 7.69. The van der Waals surface area contributed by atoms with Gasteiger partial charge in [0.15, 0.2) is 0 Å². The van der Waals surface area contributed by atoms with E-state index in [9.17, 15) is 4.79 Å². The van der Waals surface area contributed by atoms with Crippen LogP contribution in [-0.2, 0) is 0 Å². The van der Waals surface area contributed by atoms with Crippen LogP contribution in [0.25, 0.3) is 11.1 Å². The number of carbonyl (C=O) groups excluding carboxylic acids is 1. The zero-order valence-corrected chi connectivity index (χ0v) is 17.1. The molecule has 1 aliphatic rings. The molecule has 4 nitrogen and oxygen atoms in total. The maximum atomic E-state index is 12.7. The first-order valence-corrected chi connectivity index (χ1v) is 10.1. The van der Waals surface area contributed by atoms with Crippen molar-refractivity contribution in [1.29, 1.82) is 0 Å². The highest BCUT2D eigenvalue weighted by Crippen LogP contribution is 2.25. The van der Waals surface area contributed by atoms with Gasteiger partial charge in [0.25, 0.3) is 5.91 Å². The van der Waals surface area contributed by atoms with E-state index in [1.807, 2.05) is 55.5 Å². The Hall–Kier alpha value is -3.11. The van der Waals surface area contributed by atoms with Gasteiger partial charge in [-0.25, -0.2) is 0 Å². The lowest BCUT2D eigenvalue weighted by atomic mass is 10.0. The summed E-state index contributed by atoms with van der Waals surface area (Å²) in [6.07, 6.45) is 0. The molecular weight excluding hydrogens is 358 g/mol. The van der Waals surface area contributed by atoms with Crippen molar-refractivity contribution in [3.63, 3.8) is 0 Å². The first-order chi connectivity index (χ1) is 14.1. The van der Waals surface area contributed by atoms with E-state index in [1.165, 1.54) is 5.69 Å². The lowest BCUT2D eigenvalue weighted by molar-refractivity contribution is 0.102. The minimum atomic E-state index is -0.0833. The minimum absolute atomic E-state index is 0.0833. The van der Waals surface area contributed by atoms with Crippen LogP contribution >= 0.6 is 0 Å². The summed E-state index contributed by atoms with van der Waals surface area (Å²) < 4.78 is 0. The molecule has 4 rings (SSSR count). The van der Waals surface area contributed by atoms with Gasteiger partial charge in [0.2, 0.25) is 0 Å². The Morgan fingerprint density at radius 3 is 2.14 bits per heavy atom. The molecule has 1 heterocycles. The number of aryl methyl sites for hydroxylation is 1. The number of benzene rings is 3. The normalized spacial score (nSPS) is 14.6. The third-order valence-corrected chi connectivity index (χ3v) is 5.58. The molecule has 1 aliphatic heterocycles. The standard InChI is InChI=1S/C25H27N3O/c1-19-18-23(28-16-14-27(2)15-17-28)12-13-24(19)26-25(29)22-10-8-21(9-11-22)20-6-4-3-5-7-20/h3-13,18H,14-17H2,1-2H3,(H,26,29). The first kappa shape index (κ1) is 19.2. The van der Waals surface area contributed by atoms with Crippen molar-refractivity contribution in [3.8, 4) is 11.1 Å². The van der Waals surface area contributed by atoms with E-state index in [-0.39, 0.29) is 5.91 Å². The van der Waals surface area contributed by atoms with Crippen LogP contribution in [0.3, 0.4) is 0 Å². The van der Waals surface area contributed by atoms with Crippen LogP contribution in [0, 0.1) is 6.92 Å². The molecule has 0 saturated carbocycles. The average molecular weight is 386 g/mol. The van der Waals surface area contributed by atoms with E-state index in [4.69, 9.17) is 0 Å². The van der Waals surface area contributed by atoms with Gasteiger partial charge >= 0.3 is 0 Å². The van der Waals surface area contributed by atoms with Gasteiger partial charge in [-0.2, -0.15) is 0 Å². The molecule has 1 amide bonds. The molecule has 0 unspecified atom stereocenters. The van der Waals surface area contributed by atoms with Gasteiger partial charge in [0.1, 0.15) is 0 Å². The summed E-state index contributed by atoms with van der Waals surface area (Å²) in [5.74, 6) is -0.0833. The predicted molar refractivity (Wildman–Crippen MR) is 121 cm³/mol. The fourth-order valence-electron chi connectivity index (χ4n) is 3.69. The van der Waals surface area contributed by atoms with Crippen molar-refractivity contribution >= 4 is 17.3 Å². The van der Waals surface area contributed by atoms with Gasteiger partial charge < -0.3 is 15.1 Å². The fraction of sp³-hybridized carbons (Fsp3) is 0.240. The number of anilines is 2. The highest BCUT2D eigenvalue weighted by Gasteiger charge is 2.15. The third-order valence-electron chi connectivity index (χ3n) is 5.58. The Morgan fingerprint density at radius 1 is 0.828 bits per heavy atom. The summed E-state index contributed by atoms with van der Waals surface area (Å²) >= 11 is 0. The van der Waals surface area contributed by atoms with Crippen molar-refractivity contribution in [2.75, 3.05) is 43.4 Å². The largest absolute Gasteiger partial charge is 0.369 e. The number of amides is 1. The lowest BCUT2D eigenvalue weighted by Gasteiger charge is -2.34. The lowest BCUT2D eigenvalue weighted by Crippen LogP contribution is -2.44. The summed E-state index contributed by atoms with van der Waals surface area (Å²) in [5, 5.41) is 3.06. The van der Waals surface area contributed by atoms with E-state index in [0.717, 1.165) is 48.6 Å². The number of nitrogens with zero attached hydrogens (tertiary/aromatic N) is 2. The van der Waals surface area contributed by atoms with Gasteiger partial charge in [-0.1, -0.05) is 42.5 Å². The Morgan fingerprint density at radius 2 is 1.48 bits per heavy atom. The highest BCUT2D eigenvalue weighted by atomic mass is 16.1.